The molecule has 0 spiro atoms. The van der Waals surface area contributed by atoms with Crippen molar-refractivity contribution in [2.24, 2.45) is 0 Å². The van der Waals surface area contributed by atoms with E-state index in [-0.39, 0.29) is 45.6 Å². The van der Waals surface area contributed by atoms with Gasteiger partial charge in [-0.2, -0.15) is 5.10 Å². The van der Waals surface area contributed by atoms with Crippen LogP contribution in [0.3, 0.4) is 0 Å². The summed E-state index contributed by atoms with van der Waals surface area (Å²) in [6.07, 6.45) is 1.06. The van der Waals surface area contributed by atoms with Crippen LogP contribution in [0.15, 0.2) is 36.5 Å². The number of rotatable bonds is 3. The molecule has 0 amide bonds. The zero-order valence-electron chi connectivity index (χ0n) is 13.3. The summed E-state index contributed by atoms with van der Waals surface area (Å²) in [5.74, 6) is -1.85. The van der Waals surface area contributed by atoms with Crippen molar-refractivity contribution in [2.75, 3.05) is 0 Å². The van der Waals surface area contributed by atoms with Gasteiger partial charge >= 0.3 is 0 Å². The Bertz CT molecular complexity index is 1070. The van der Waals surface area contributed by atoms with E-state index in [0.717, 1.165) is 10.7 Å². The largest absolute Gasteiger partial charge is 0.303 e. The van der Waals surface area contributed by atoms with Crippen molar-refractivity contribution in [3.05, 3.63) is 64.9 Å². The fourth-order valence-electron chi connectivity index (χ4n) is 2.43. The summed E-state index contributed by atoms with van der Waals surface area (Å²) in [6, 6.07) is 7.03. The minimum absolute atomic E-state index is 0.113. The topological polar surface area (TPSA) is 102 Å². The zero-order chi connectivity index (χ0) is 18.1. The van der Waals surface area contributed by atoms with Crippen molar-refractivity contribution in [2.45, 2.75) is 13.3 Å². The number of nitrogens with zero attached hydrogens (tertiary/aromatic N) is 3. The second-order valence-corrected chi connectivity index (χ2v) is 5.49. The molecule has 0 saturated heterocycles. The van der Waals surface area contributed by atoms with Crippen molar-refractivity contribution in [3.63, 3.8) is 0 Å². The zero-order valence-corrected chi connectivity index (χ0v) is 13.3. The van der Waals surface area contributed by atoms with E-state index in [4.69, 9.17) is 16.2 Å². The standard InChI is InChI=1S/C17H14F2N6/c1-9(20)13-4-5-15(21)25(24-13)16(22)7-11-12(18)8-14-10(17(11)19)3-2-6-23-14/h2-6,8,20-22H,7H2,1H3. The van der Waals surface area contributed by atoms with E-state index in [1.807, 2.05) is 0 Å². The summed E-state index contributed by atoms with van der Waals surface area (Å²) in [5.41, 5.74) is 0.246. The molecule has 0 fully saturated rings. The molecule has 0 unspecified atom stereocenters. The van der Waals surface area contributed by atoms with Gasteiger partial charge in [0.05, 0.1) is 11.2 Å². The molecular weight excluding hydrogens is 326 g/mol. The lowest BCUT2D eigenvalue weighted by Gasteiger charge is -2.11. The van der Waals surface area contributed by atoms with E-state index in [1.54, 1.807) is 6.07 Å². The van der Waals surface area contributed by atoms with Gasteiger partial charge in [0.2, 0.25) is 0 Å². The Kier molecular flexibility index (Phi) is 4.18. The average Bonchev–Trinajstić information content (AvgIpc) is 2.58. The van der Waals surface area contributed by atoms with Gasteiger partial charge in [-0.15, -0.1) is 0 Å². The van der Waals surface area contributed by atoms with Crippen molar-refractivity contribution in [1.82, 2.24) is 14.8 Å². The molecule has 8 heteroatoms. The molecule has 3 aromatic rings. The molecule has 0 aliphatic carbocycles. The maximum absolute atomic E-state index is 14.6. The first-order valence-corrected chi connectivity index (χ1v) is 7.38. The molecule has 0 aliphatic rings. The third-order valence-electron chi connectivity index (χ3n) is 3.71. The van der Waals surface area contributed by atoms with Gasteiger partial charge in [0.15, 0.2) is 0 Å². The summed E-state index contributed by atoms with van der Waals surface area (Å²) in [6.45, 7) is 1.52. The molecule has 0 radical (unpaired) electrons. The van der Waals surface area contributed by atoms with E-state index in [2.05, 4.69) is 10.1 Å². The Hall–Kier alpha value is -3.29. The highest BCUT2D eigenvalue weighted by Crippen LogP contribution is 2.23. The summed E-state index contributed by atoms with van der Waals surface area (Å²) >= 11 is 0. The van der Waals surface area contributed by atoms with E-state index >= 15 is 0 Å². The van der Waals surface area contributed by atoms with Crippen LogP contribution in [0.25, 0.3) is 10.9 Å². The minimum Gasteiger partial charge on any atom is -0.303 e. The maximum Gasteiger partial charge on any atom is 0.148 e. The van der Waals surface area contributed by atoms with Crippen LogP contribution in [0, 0.1) is 27.9 Å². The Morgan fingerprint density at radius 3 is 2.68 bits per heavy atom. The first kappa shape index (κ1) is 16.6. The molecular formula is C17H14F2N6. The quantitative estimate of drug-likeness (QED) is 0.504. The van der Waals surface area contributed by atoms with Gasteiger partial charge < -0.3 is 5.41 Å². The number of benzene rings is 1. The maximum atomic E-state index is 14.6. The van der Waals surface area contributed by atoms with Gasteiger partial charge in [0, 0.05) is 29.6 Å². The van der Waals surface area contributed by atoms with Crippen molar-refractivity contribution < 1.29 is 8.78 Å². The van der Waals surface area contributed by atoms with Crippen molar-refractivity contribution >= 4 is 22.5 Å². The van der Waals surface area contributed by atoms with Gasteiger partial charge in [-0.05, 0) is 31.2 Å². The SMILES string of the molecule is CC(=N)c1ccc(=N)n(C(=N)Cc2c(F)cc3ncccc3c2F)n1. The summed E-state index contributed by atoms with van der Waals surface area (Å²) < 4.78 is 29.9. The number of aromatic nitrogens is 3. The van der Waals surface area contributed by atoms with E-state index in [9.17, 15) is 8.78 Å². The first-order valence-electron chi connectivity index (χ1n) is 7.38. The van der Waals surface area contributed by atoms with Gasteiger partial charge in [-0.3, -0.25) is 15.8 Å². The fourth-order valence-corrected chi connectivity index (χ4v) is 2.43. The van der Waals surface area contributed by atoms with E-state index in [1.165, 1.54) is 31.3 Å². The Labute approximate surface area is 141 Å². The van der Waals surface area contributed by atoms with E-state index in [0.29, 0.717) is 0 Å². The number of hydrogen-bond acceptors (Lipinski definition) is 5. The predicted molar refractivity (Wildman–Crippen MR) is 89.1 cm³/mol. The minimum atomic E-state index is -0.806. The number of hydrogen-bond donors (Lipinski definition) is 3. The summed E-state index contributed by atoms with van der Waals surface area (Å²) in [4.78, 5) is 3.92. The molecule has 3 rings (SSSR count). The molecule has 3 N–H and O–H groups in total. The molecule has 126 valence electrons. The van der Waals surface area contributed by atoms with Gasteiger partial charge in [-0.1, -0.05) is 0 Å². The predicted octanol–water partition coefficient (Wildman–Crippen LogP) is 2.64. The molecule has 0 aliphatic heterocycles. The highest BCUT2D eigenvalue weighted by atomic mass is 19.1. The van der Waals surface area contributed by atoms with Gasteiger partial charge in [-0.25, -0.2) is 13.5 Å². The monoisotopic (exact) mass is 340 g/mol. The van der Waals surface area contributed by atoms with Crippen LogP contribution in [0.4, 0.5) is 8.78 Å². The smallest absolute Gasteiger partial charge is 0.148 e. The van der Waals surface area contributed by atoms with Crippen molar-refractivity contribution in [3.8, 4) is 0 Å². The lowest BCUT2D eigenvalue weighted by Crippen LogP contribution is -2.31. The number of pyridine rings is 1. The second kappa shape index (κ2) is 6.31. The lowest BCUT2D eigenvalue weighted by molar-refractivity contribution is 0.570. The third kappa shape index (κ3) is 3.06. The van der Waals surface area contributed by atoms with Gasteiger partial charge in [0.25, 0.3) is 0 Å². The highest BCUT2D eigenvalue weighted by Gasteiger charge is 2.17. The number of halogens is 2. The number of fused-ring (bicyclic) bond motifs is 1. The second-order valence-electron chi connectivity index (χ2n) is 5.49. The summed E-state index contributed by atoms with van der Waals surface area (Å²) in [7, 11) is 0. The molecule has 6 nitrogen and oxygen atoms in total. The van der Waals surface area contributed by atoms with Crippen LogP contribution in [-0.4, -0.2) is 26.3 Å². The van der Waals surface area contributed by atoms with Crippen molar-refractivity contribution in [1.29, 1.82) is 16.2 Å². The third-order valence-corrected chi connectivity index (χ3v) is 3.71. The fraction of sp³-hybridized carbons (Fsp3) is 0.118. The molecule has 0 saturated carbocycles. The lowest BCUT2D eigenvalue weighted by atomic mass is 10.1. The first-order chi connectivity index (χ1) is 11.9. The molecule has 1 aromatic carbocycles. The van der Waals surface area contributed by atoms with Crippen LogP contribution in [-0.2, 0) is 6.42 Å². The molecule has 0 bridgehead atoms. The van der Waals surface area contributed by atoms with Crippen LogP contribution in [0.2, 0.25) is 0 Å². The van der Waals surface area contributed by atoms with Crippen LogP contribution >= 0.6 is 0 Å². The molecule has 0 atom stereocenters. The highest BCUT2D eigenvalue weighted by molar-refractivity contribution is 5.94. The van der Waals surface area contributed by atoms with Crippen LogP contribution in [0.1, 0.15) is 18.2 Å². The summed E-state index contributed by atoms with van der Waals surface area (Å²) in [5, 5.41) is 27.7. The van der Waals surface area contributed by atoms with Gasteiger partial charge in [0.1, 0.15) is 28.7 Å². The molecule has 2 heterocycles. The number of nitrogens with one attached hydrogen (secondary N) is 3. The van der Waals surface area contributed by atoms with Crippen LogP contribution < -0.4 is 5.49 Å². The van der Waals surface area contributed by atoms with Crippen LogP contribution in [0.5, 0.6) is 0 Å². The molecule has 25 heavy (non-hydrogen) atoms. The Morgan fingerprint density at radius 1 is 1.20 bits per heavy atom. The Balaban J connectivity index is 2.05. The Morgan fingerprint density at radius 2 is 1.96 bits per heavy atom. The van der Waals surface area contributed by atoms with E-state index < -0.39 is 11.6 Å². The normalized spacial score (nSPS) is 10.8. The average molecular weight is 340 g/mol. The molecule has 2 aromatic heterocycles.